The number of allylic oxidation sites excluding steroid dienone is 4. The van der Waals surface area contributed by atoms with Crippen molar-refractivity contribution in [1.82, 2.24) is 0 Å². The van der Waals surface area contributed by atoms with Crippen molar-refractivity contribution in [3.05, 3.63) is 81.4 Å². The monoisotopic (exact) mass is 564 g/mol. The number of phenols is 1. The van der Waals surface area contributed by atoms with Crippen LogP contribution in [-0.2, 0) is 22.4 Å². The number of hydrogen-bond donors (Lipinski definition) is 2. The number of hydrogen-bond acceptors (Lipinski definition) is 5. The molecule has 1 fully saturated rings. The Morgan fingerprint density at radius 1 is 1.30 bits per heavy atom. The molecule has 0 spiro atoms. The van der Waals surface area contributed by atoms with Crippen molar-refractivity contribution in [2.24, 2.45) is 28.0 Å². The fourth-order valence-corrected chi connectivity index (χ4v) is 5.56. The highest BCUT2D eigenvalue weighted by atomic mass is 35.5. The highest BCUT2D eigenvalue weighted by Crippen LogP contribution is 2.45. The Labute approximate surface area is 243 Å². The fraction of sp³-hybridized carbons (Fsp3) is 0.424. The van der Waals surface area contributed by atoms with Crippen LogP contribution in [-0.4, -0.2) is 36.2 Å². The molecule has 3 rings (SSSR count). The number of methoxy groups -OCH3 is 1. The average Bonchev–Trinajstić information content (AvgIpc) is 2.94. The van der Waals surface area contributed by atoms with Crippen molar-refractivity contribution < 1.29 is 19.4 Å². The molecule has 0 heterocycles. The Balaban J connectivity index is 1.91. The summed E-state index contributed by atoms with van der Waals surface area (Å²) in [6.07, 6.45) is 9.91. The Bertz CT molecular complexity index is 1330. The van der Waals surface area contributed by atoms with E-state index in [4.69, 9.17) is 22.1 Å². The third kappa shape index (κ3) is 6.84. The molecule has 7 heteroatoms. The molecule has 0 saturated heterocycles. The van der Waals surface area contributed by atoms with Gasteiger partial charge >= 0.3 is 0 Å². The maximum absolute atomic E-state index is 12.4. The molecule has 1 unspecified atom stereocenters. The second kappa shape index (κ2) is 13.3. The summed E-state index contributed by atoms with van der Waals surface area (Å²) in [4.78, 5) is 29.0. The van der Waals surface area contributed by atoms with Gasteiger partial charge in [0.1, 0.15) is 23.3 Å². The molecule has 0 aromatic heterocycles. The minimum Gasteiger partial charge on any atom is -0.507 e. The molecule has 0 bridgehead atoms. The van der Waals surface area contributed by atoms with Crippen molar-refractivity contribution in [1.29, 1.82) is 0 Å². The van der Waals surface area contributed by atoms with Crippen LogP contribution >= 0.6 is 11.6 Å². The molecule has 2 aromatic rings. The number of carbonyl (C=O) groups is 2. The lowest BCUT2D eigenvalue weighted by Gasteiger charge is -2.42. The number of primary amides is 1. The Kier molecular flexibility index (Phi) is 10.4. The van der Waals surface area contributed by atoms with Crippen molar-refractivity contribution in [2.75, 3.05) is 7.11 Å². The lowest BCUT2D eigenvalue weighted by atomic mass is 9.61. The molecule has 40 heavy (non-hydrogen) atoms. The van der Waals surface area contributed by atoms with E-state index in [2.05, 4.69) is 24.9 Å². The quantitative estimate of drug-likeness (QED) is 0.252. The number of aromatic hydroxyl groups is 1. The zero-order valence-electron chi connectivity index (χ0n) is 24.3. The maximum atomic E-state index is 12.4. The van der Waals surface area contributed by atoms with Gasteiger partial charge in [-0.15, -0.1) is 0 Å². The van der Waals surface area contributed by atoms with E-state index in [1.807, 2.05) is 56.3 Å². The van der Waals surface area contributed by atoms with E-state index in [1.54, 1.807) is 6.92 Å². The summed E-state index contributed by atoms with van der Waals surface area (Å²) in [6.45, 7) is 10.1. The predicted molar refractivity (Wildman–Crippen MR) is 162 cm³/mol. The second-order valence-corrected chi connectivity index (χ2v) is 11.5. The first-order valence-corrected chi connectivity index (χ1v) is 14.1. The summed E-state index contributed by atoms with van der Waals surface area (Å²) in [6, 6.07) is 8.71. The Hall–Kier alpha value is -3.38. The molecule has 1 saturated carbocycles. The van der Waals surface area contributed by atoms with E-state index in [9.17, 15) is 14.7 Å². The first kappa shape index (κ1) is 31.2. The van der Waals surface area contributed by atoms with Gasteiger partial charge in [-0.05, 0) is 49.1 Å². The van der Waals surface area contributed by atoms with Gasteiger partial charge in [0.2, 0.25) is 5.91 Å². The van der Waals surface area contributed by atoms with Gasteiger partial charge in [0, 0.05) is 36.1 Å². The number of ketones is 1. The SMILES string of the molecule is COc1c(Cl)c(C)c(C=NC(Cc2ccccc2)C(N)=O)c(O)c1CC=C(C)C=C[C@@]1(C)[C@H](C)CCC(=O)[C@@H]1C. The number of nitrogens with zero attached hydrogens (tertiary/aromatic N) is 1. The highest BCUT2D eigenvalue weighted by Gasteiger charge is 2.41. The van der Waals surface area contributed by atoms with E-state index < -0.39 is 11.9 Å². The number of benzene rings is 2. The van der Waals surface area contributed by atoms with Crippen LogP contribution in [0.25, 0.3) is 0 Å². The van der Waals surface area contributed by atoms with Crippen molar-refractivity contribution >= 4 is 29.5 Å². The Morgan fingerprint density at radius 2 is 1.98 bits per heavy atom. The van der Waals surface area contributed by atoms with Crippen LogP contribution in [0.1, 0.15) is 62.8 Å². The molecule has 4 atom stereocenters. The lowest BCUT2D eigenvalue weighted by Crippen LogP contribution is -2.40. The van der Waals surface area contributed by atoms with Crippen LogP contribution in [0.2, 0.25) is 5.02 Å². The number of amides is 1. The van der Waals surface area contributed by atoms with Crippen LogP contribution in [0.15, 0.2) is 59.1 Å². The number of carbonyl (C=O) groups excluding carboxylic acids is 2. The van der Waals surface area contributed by atoms with Gasteiger partial charge in [0.05, 0.1) is 12.1 Å². The molecule has 3 N–H and O–H groups in total. The summed E-state index contributed by atoms with van der Waals surface area (Å²) in [5.41, 5.74) is 8.87. The molecule has 214 valence electrons. The third-order valence-electron chi connectivity index (χ3n) is 8.57. The molecule has 1 aliphatic carbocycles. The van der Waals surface area contributed by atoms with Crippen LogP contribution in [0.3, 0.4) is 0 Å². The number of halogens is 1. The number of rotatable bonds is 10. The largest absolute Gasteiger partial charge is 0.507 e. The maximum Gasteiger partial charge on any atom is 0.242 e. The lowest BCUT2D eigenvalue weighted by molar-refractivity contribution is -0.129. The van der Waals surface area contributed by atoms with Crippen molar-refractivity contribution in [3.63, 3.8) is 0 Å². The van der Waals surface area contributed by atoms with Gasteiger partial charge in [-0.3, -0.25) is 14.6 Å². The molecule has 6 nitrogen and oxygen atoms in total. The van der Waals surface area contributed by atoms with Crippen LogP contribution in [0.4, 0.5) is 0 Å². The number of Topliss-reactive ketones (excluding diaryl/α,β-unsaturated/α-hetero) is 1. The Morgan fingerprint density at radius 3 is 2.60 bits per heavy atom. The van der Waals surface area contributed by atoms with E-state index >= 15 is 0 Å². The molecular weight excluding hydrogens is 524 g/mol. The summed E-state index contributed by atoms with van der Waals surface area (Å²) in [5, 5.41) is 11.7. The molecule has 2 aromatic carbocycles. The van der Waals surface area contributed by atoms with Crippen molar-refractivity contribution in [3.8, 4) is 11.5 Å². The van der Waals surface area contributed by atoms with E-state index in [1.165, 1.54) is 13.3 Å². The summed E-state index contributed by atoms with van der Waals surface area (Å²) < 4.78 is 5.58. The van der Waals surface area contributed by atoms with Gasteiger partial charge < -0.3 is 15.6 Å². The fourth-order valence-electron chi connectivity index (χ4n) is 5.27. The molecular formula is C33H41ClN2O4. The molecule has 0 radical (unpaired) electrons. The predicted octanol–water partition coefficient (Wildman–Crippen LogP) is 6.56. The minimum absolute atomic E-state index is 0.00876. The van der Waals surface area contributed by atoms with Crippen LogP contribution in [0.5, 0.6) is 11.5 Å². The minimum atomic E-state index is -0.796. The topological polar surface area (TPSA) is 102 Å². The average molecular weight is 565 g/mol. The molecule has 1 aliphatic rings. The smallest absolute Gasteiger partial charge is 0.242 e. The first-order valence-electron chi connectivity index (χ1n) is 13.7. The van der Waals surface area contributed by atoms with Gasteiger partial charge in [0.15, 0.2) is 0 Å². The summed E-state index contributed by atoms with van der Waals surface area (Å²) in [7, 11) is 1.51. The zero-order chi connectivity index (χ0) is 29.6. The summed E-state index contributed by atoms with van der Waals surface area (Å²) in [5.74, 6) is 0.507. The standard InChI is InChI=1S/C33H41ClN2O4/c1-20(16-17-33(5)21(2)13-15-28(37)23(33)4)12-14-25-30(38)26(22(3)29(34)31(25)40-6)19-36-27(32(35)39)18-24-10-8-7-9-11-24/h7-12,16-17,19,21,23,27,38H,13-15,18H2,1-6H3,(H2,35,39)/t21-,23+,27?,33+/m1/s1. The third-order valence-corrected chi connectivity index (χ3v) is 9.03. The van der Waals surface area contributed by atoms with Gasteiger partial charge in [-0.2, -0.15) is 0 Å². The van der Waals surface area contributed by atoms with E-state index in [-0.39, 0.29) is 17.1 Å². The van der Waals surface area contributed by atoms with Gasteiger partial charge in [-0.1, -0.05) is 86.5 Å². The number of phenolic OH excluding ortho intramolecular Hbond substituents is 1. The number of aliphatic imine (C=N–C) groups is 1. The zero-order valence-corrected chi connectivity index (χ0v) is 25.1. The molecule has 0 aliphatic heterocycles. The number of nitrogens with two attached hydrogens (primary N) is 1. The van der Waals surface area contributed by atoms with Crippen LogP contribution < -0.4 is 10.5 Å². The van der Waals surface area contributed by atoms with Crippen LogP contribution in [0, 0.1) is 24.2 Å². The normalized spacial score (nSPS) is 22.7. The number of ether oxygens (including phenoxy) is 1. The summed E-state index contributed by atoms with van der Waals surface area (Å²) >= 11 is 6.67. The van der Waals surface area contributed by atoms with E-state index in [0.29, 0.717) is 58.4 Å². The highest BCUT2D eigenvalue weighted by molar-refractivity contribution is 6.33. The molecule has 1 amide bonds. The van der Waals surface area contributed by atoms with Crippen molar-refractivity contribution in [2.45, 2.75) is 66.3 Å². The second-order valence-electron chi connectivity index (χ2n) is 11.1. The van der Waals surface area contributed by atoms with E-state index in [0.717, 1.165) is 17.6 Å². The van der Waals surface area contributed by atoms with Gasteiger partial charge in [-0.25, -0.2) is 0 Å². The van der Waals surface area contributed by atoms with Gasteiger partial charge in [0.25, 0.3) is 0 Å². The first-order chi connectivity index (χ1) is 18.9.